The van der Waals surface area contributed by atoms with Crippen LogP contribution in [0, 0.1) is 5.92 Å². The summed E-state index contributed by atoms with van der Waals surface area (Å²) in [6.45, 7) is 0.774. The Kier molecular flexibility index (Phi) is 19.7. The maximum absolute atomic E-state index is 12.6. The van der Waals surface area contributed by atoms with Gasteiger partial charge in [-0.2, -0.15) is 0 Å². The summed E-state index contributed by atoms with van der Waals surface area (Å²) < 4.78 is 0. The topological polar surface area (TPSA) is 353 Å². The Labute approximate surface area is 269 Å². The molecule has 3 atom stereocenters. The predicted octanol–water partition coefficient (Wildman–Crippen LogP) is -6.47. The molecule has 0 bridgehead atoms. The van der Waals surface area contributed by atoms with Crippen LogP contribution in [0.2, 0.25) is 0 Å². The van der Waals surface area contributed by atoms with E-state index in [1.165, 1.54) is 0 Å². The summed E-state index contributed by atoms with van der Waals surface area (Å²) in [5, 5.41) is 24.6. The summed E-state index contributed by atoms with van der Waals surface area (Å²) in [6.07, 6.45) is -0.707. The Balaban J connectivity index is 4.68. The van der Waals surface area contributed by atoms with Gasteiger partial charge in [0.2, 0.25) is 53.2 Å². The number of carboxylic acids is 1. The SMILES string of the molecule is CC(C)C[C@H](N)C(=O)NCC(=O)NCC(=O)N[C@@H](CCC(N)=O)C(=O)NCC(=O)NCC(=O)NCC(=O)N[C@@H](CCC(N)=O)C(=O)O. The highest BCUT2D eigenvalue weighted by molar-refractivity contribution is 5.94. The molecule has 0 fully saturated rings. The lowest BCUT2D eigenvalue weighted by Crippen LogP contribution is -2.52. The average molecular weight is 673 g/mol. The largest absolute Gasteiger partial charge is 0.480 e. The first-order valence-electron chi connectivity index (χ1n) is 14.4. The van der Waals surface area contributed by atoms with E-state index < -0.39 is 110 Å². The first kappa shape index (κ1) is 41.7. The van der Waals surface area contributed by atoms with E-state index in [1.54, 1.807) is 0 Å². The van der Waals surface area contributed by atoms with Crippen LogP contribution in [0.25, 0.3) is 0 Å². The molecule has 0 aromatic heterocycles. The second-order valence-corrected chi connectivity index (χ2v) is 10.6. The lowest BCUT2D eigenvalue weighted by molar-refractivity contribution is -0.142. The normalized spacial score (nSPS) is 12.3. The van der Waals surface area contributed by atoms with E-state index >= 15 is 0 Å². The van der Waals surface area contributed by atoms with Crippen molar-refractivity contribution in [3.8, 4) is 0 Å². The van der Waals surface area contributed by atoms with Crippen molar-refractivity contribution in [3.05, 3.63) is 0 Å². The number of rotatable bonds is 23. The number of carbonyl (C=O) groups excluding carboxylic acids is 9. The first-order chi connectivity index (χ1) is 21.9. The average Bonchev–Trinajstić information content (AvgIpc) is 2.98. The minimum Gasteiger partial charge on any atom is -0.480 e. The number of aliphatic carboxylic acids is 1. The first-order valence-corrected chi connectivity index (χ1v) is 14.4. The van der Waals surface area contributed by atoms with Crippen LogP contribution in [0.5, 0.6) is 0 Å². The molecule has 0 saturated heterocycles. The number of hydrogen-bond donors (Lipinski definition) is 11. The van der Waals surface area contributed by atoms with Crippen molar-refractivity contribution in [3.63, 3.8) is 0 Å². The molecule has 0 spiro atoms. The summed E-state index contributed by atoms with van der Waals surface area (Å²) in [6, 6.07) is -3.56. The lowest BCUT2D eigenvalue weighted by atomic mass is 10.0. The summed E-state index contributed by atoms with van der Waals surface area (Å²) >= 11 is 0. The standard InChI is InChI=1S/C26H44N10O11/c1-13(2)7-14(27)24(44)33-9-20(40)32-11-22(42)35-15(3-5-17(28)37)25(45)34-10-21(41)30-8-19(39)31-12-23(43)36-16(26(46)47)4-6-18(29)38/h13-16H,3-12,27H2,1-2H3,(H2,28,37)(H2,29,38)(H,30,41)(H,31,39)(H,32,40)(H,33,44)(H,34,45)(H,35,42)(H,36,43)(H,46,47)/t14-,15-,16-/m0/s1. The van der Waals surface area contributed by atoms with E-state index in [0.717, 1.165) is 0 Å². The highest BCUT2D eigenvalue weighted by atomic mass is 16.4. The van der Waals surface area contributed by atoms with E-state index in [0.29, 0.717) is 6.42 Å². The molecule has 47 heavy (non-hydrogen) atoms. The second-order valence-electron chi connectivity index (χ2n) is 10.6. The van der Waals surface area contributed by atoms with Crippen LogP contribution in [0.4, 0.5) is 0 Å². The van der Waals surface area contributed by atoms with Crippen molar-refractivity contribution >= 4 is 59.1 Å². The maximum Gasteiger partial charge on any atom is 0.326 e. The molecule has 0 rings (SSSR count). The van der Waals surface area contributed by atoms with Crippen molar-refractivity contribution in [2.75, 3.05) is 32.7 Å². The molecular weight excluding hydrogens is 628 g/mol. The molecule has 0 unspecified atom stereocenters. The van der Waals surface area contributed by atoms with E-state index in [2.05, 4.69) is 37.2 Å². The van der Waals surface area contributed by atoms with Crippen molar-refractivity contribution < 1.29 is 53.1 Å². The molecule has 264 valence electrons. The fraction of sp³-hybridized carbons (Fsp3) is 0.615. The van der Waals surface area contributed by atoms with Gasteiger partial charge in [0.25, 0.3) is 0 Å². The molecule has 0 aliphatic heterocycles. The summed E-state index contributed by atoms with van der Waals surface area (Å²) in [5.41, 5.74) is 15.8. The van der Waals surface area contributed by atoms with Gasteiger partial charge in [-0.25, -0.2) is 4.79 Å². The zero-order valence-electron chi connectivity index (χ0n) is 26.1. The molecule has 0 aliphatic carbocycles. The van der Waals surface area contributed by atoms with Gasteiger partial charge in [0.1, 0.15) is 12.1 Å². The van der Waals surface area contributed by atoms with E-state index in [1.807, 2.05) is 13.8 Å². The fourth-order valence-corrected chi connectivity index (χ4v) is 3.52. The minimum absolute atomic E-state index is 0.159. The third kappa shape index (κ3) is 21.1. The number of carboxylic acid groups (broad SMARTS) is 1. The van der Waals surface area contributed by atoms with E-state index in [-0.39, 0.29) is 31.6 Å². The number of nitrogens with two attached hydrogens (primary N) is 3. The van der Waals surface area contributed by atoms with Gasteiger partial charge in [0.05, 0.1) is 38.8 Å². The monoisotopic (exact) mass is 672 g/mol. The number of hydrogen-bond acceptors (Lipinski definition) is 11. The molecule has 0 radical (unpaired) electrons. The Bertz CT molecular complexity index is 1180. The third-order valence-corrected chi connectivity index (χ3v) is 5.89. The molecule has 0 aromatic carbocycles. The summed E-state index contributed by atoms with van der Waals surface area (Å²) in [4.78, 5) is 118. The van der Waals surface area contributed by atoms with Crippen LogP contribution in [0.1, 0.15) is 46.0 Å². The molecule has 0 aromatic rings. The minimum atomic E-state index is -1.41. The number of primary amides is 2. The van der Waals surface area contributed by atoms with Gasteiger partial charge in [-0.15, -0.1) is 0 Å². The van der Waals surface area contributed by atoms with Crippen molar-refractivity contribution in [2.24, 2.45) is 23.1 Å². The Morgan fingerprint density at radius 2 is 0.915 bits per heavy atom. The molecule has 9 amide bonds. The zero-order valence-corrected chi connectivity index (χ0v) is 26.1. The van der Waals surface area contributed by atoms with Gasteiger partial charge in [0, 0.05) is 12.8 Å². The van der Waals surface area contributed by atoms with Crippen molar-refractivity contribution in [1.82, 2.24) is 37.2 Å². The molecular formula is C26H44N10O11. The number of nitrogens with one attached hydrogen (secondary N) is 7. The van der Waals surface area contributed by atoms with Gasteiger partial charge in [-0.1, -0.05) is 13.8 Å². The van der Waals surface area contributed by atoms with Crippen LogP contribution in [-0.4, -0.2) is 115 Å². The highest BCUT2D eigenvalue weighted by Gasteiger charge is 2.23. The Morgan fingerprint density at radius 1 is 0.553 bits per heavy atom. The van der Waals surface area contributed by atoms with Gasteiger partial charge < -0.3 is 59.5 Å². The molecule has 0 heterocycles. The van der Waals surface area contributed by atoms with E-state index in [4.69, 9.17) is 22.3 Å². The van der Waals surface area contributed by atoms with Crippen LogP contribution < -0.4 is 54.4 Å². The number of carbonyl (C=O) groups is 10. The van der Waals surface area contributed by atoms with Gasteiger partial charge in [-0.05, 0) is 25.2 Å². The van der Waals surface area contributed by atoms with Crippen LogP contribution >= 0.6 is 0 Å². The maximum atomic E-state index is 12.6. The molecule has 0 saturated carbocycles. The van der Waals surface area contributed by atoms with Crippen LogP contribution in [0.15, 0.2) is 0 Å². The van der Waals surface area contributed by atoms with Crippen LogP contribution in [0.3, 0.4) is 0 Å². The Hall–Kier alpha value is -5.34. The molecule has 14 N–H and O–H groups in total. The zero-order chi connectivity index (χ0) is 36.1. The lowest BCUT2D eigenvalue weighted by Gasteiger charge is -2.18. The smallest absolute Gasteiger partial charge is 0.326 e. The van der Waals surface area contributed by atoms with Gasteiger partial charge in [0.15, 0.2) is 0 Å². The summed E-state index contributed by atoms with van der Waals surface area (Å²) in [7, 11) is 0. The Morgan fingerprint density at radius 3 is 1.32 bits per heavy atom. The fourth-order valence-electron chi connectivity index (χ4n) is 3.52. The number of amides is 9. The van der Waals surface area contributed by atoms with Gasteiger partial charge >= 0.3 is 5.97 Å². The van der Waals surface area contributed by atoms with Crippen LogP contribution in [-0.2, 0) is 47.9 Å². The third-order valence-electron chi connectivity index (χ3n) is 5.89. The quantitative estimate of drug-likeness (QED) is 0.0483. The molecule has 21 nitrogen and oxygen atoms in total. The summed E-state index contributed by atoms with van der Waals surface area (Å²) in [5.74, 6) is -8.35. The van der Waals surface area contributed by atoms with Crippen molar-refractivity contribution in [2.45, 2.75) is 64.1 Å². The molecule has 0 aliphatic rings. The predicted molar refractivity (Wildman–Crippen MR) is 161 cm³/mol. The van der Waals surface area contributed by atoms with E-state index in [9.17, 15) is 47.9 Å². The highest BCUT2D eigenvalue weighted by Crippen LogP contribution is 2.02. The second kappa shape index (κ2) is 22.2. The molecule has 21 heteroatoms. The van der Waals surface area contributed by atoms with Crippen molar-refractivity contribution in [1.29, 1.82) is 0 Å². The van der Waals surface area contributed by atoms with Gasteiger partial charge in [-0.3, -0.25) is 43.2 Å².